The van der Waals surface area contributed by atoms with Gasteiger partial charge in [-0.3, -0.25) is 9.79 Å². The van der Waals surface area contributed by atoms with Crippen molar-refractivity contribution >= 4 is 29.8 Å². The summed E-state index contributed by atoms with van der Waals surface area (Å²) in [5, 5.41) is 8.87. The van der Waals surface area contributed by atoms with Crippen molar-refractivity contribution in [2.75, 3.05) is 18.6 Å². The van der Waals surface area contributed by atoms with Gasteiger partial charge in [0.1, 0.15) is 0 Å². The van der Waals surface area contributed by atoms with Crippen molar-refractivity contribution in [3.05, 3.63) is 59.0 Å². The monoisotopic (exact) mass is 672 g/mol. The van der Waals surface area contributed by atoms with Gasteiger partial charge in [-0.05, 0) is 55.9 Å². The van der Waals surface area contributed by atoms with Crippen molar-refractivity contribution in [2.24, 2.45) is 10.7 Å². The van der Waals surface area contributed by atoms with Crippen LogP contribution in [0.1, 0.15) is 74.6 Å². The average Bonchev–Trinajstić information content (AvgIpc) is 3.02. The number of rotatable bonds is 12. The van der Waals surface area contributed by atoms with Gasteiger partial charge in [0.2, 0.25) is 5.95 Å². The predicted octanol–water partition coefficient (Wildman–Crippen LogP) is 6.54. The van der Waals surface area contributed by atoms with Crippen LogP contribution in [-0.2, 0) is 28.4 Å². The van der Waals surface area contributed by atoms with E-state index in [1.807, 2.05) is 13.8 Å². The van der Waals surface area contributed by atoms with Crippen LogP contribution in [0.25, 0.3) is 5.57 Å². The van der Waals surface area contributed by atoms with Gasteiger partial charge in [-0.15, -0.1) is 0 Å². The maximum absolute atomic E-state index is 13.7. The molecule has 2 aromatic rings. The number of ether oxygens (including phenoxy) is 1. The largest absolute Gasteiger partial charge is 0.481 e. The van der Waals surface area contributed by atoms with E-state index in [1.165, 1.54) is 31.9 Å². The number of nitrogens with zero attached hydrogens (tertiary/aromatic N) is 5. The van der Waals surface area contributed by atoms with Gasteiger partial charge < -0.3 is 25.4 Å². The summed E-state index contributed by atoms with van der Waals surface area (Å²) in [6, 6.07) is 0.122. The van der Waals surface area contributed by atoms with Gasteiger partial charge in [-0.2, -0.15) is 26.3 Å². The predicted molar refractivity (Wildman–Crippen MR) is 162 cm³/mol. The molecule has 0 bridgehead atoms. The number of hydrogen-bond donors (Lipinski definition) is 2. The Balaban J connectivity index is 2.04. The molecule has 3 N–H and O–H groups in total. The summed E-state index contributed by atoms with van der Waals surface area (Å²) in [6.45, 7) is 3.21. The first-order valence-corrected chi connectivity index (χ1v) is 15.0. The molecule has 1 fully saturated rings. The molecule has 258 valence electrons. The molecule has 0 saturated carbocycles. The Morgan fingerprint density at radius 3 is 2.04 bits per heavy atom. The number of carboxylic acids is 1. The highest BCUT2D eigenvalue weighted by atomic mass is 19.4. The van der Waals surface area contributed by atoms with Gasteiger partial charge in [0.05, 0.1) is 17.7 Å². The van der Waals surface area contributed by atoms with Crippen molar-refractivity contribution in [1.29, 1.82) is 0 Å². The lowest BCUT2D eigenvalue weighted by Gasteiger charge is -2.47. The molecule has 3 atom stereocenters. The van der Waals surface area contributed by atoms with Crippen molar-refractivity contribution in [2.45, 2.75) is 89.4 Å². The number of hydrogen-bond acceptors (Lipinski definition) is 8. The smallest absolute Gasteiger partial charge is 0.416 e. The van der Waals surface area contributed by atoms with Crippen molar-refractivity contribution in [3.63, 3.8) is 0 Å². The van der Waals surface area contributed by atoms with E-state index < -0.39 is 53.7 Å². The van der Waals surface area contributed by atoms with E-state index in [1.54, 1.807) is 9.80 Å². The number of halogens is 6. The molecule has 47 heavy (non-hydrogen) atoms. The zero-order chi connectivity index (χ0) is 34.9. The van der Waals surface area contributed by atoms with E-state index in [0.717, 1.165) is 0 Å². The Kier molecular flexibility index (Phi) is 12.6. The third-order valence-corrected chi connectivity index (χ3v) is 7.91. The third-order valence-electron chi connectivity index (χ3n) is 7.91. The number of likely N-dealkylation sites (tertiary alicyclic amines) is 1. The summed E-state index contributed by atoms with van der Waals surface area (Å²) in [4.78, 5) is 39.9. The summed E-state index contributed by atoms with van der Waals surface area (Å²) in [5.41, 5.74) is 3.54. The van der Waals surface area contributed by atoms with Gasteiger partial charge >= 0.3 is 24.4 Å². The fraction of sp³-hybridized carbons (Fsp3) is 0.516. The second kappa shape index (κ2) is 16.0. The molecule has 0 radical (unpaired) electrons. The number of benzene rings is 1. The Bertz CT molecular complexity index is 1380. The van der Waals surface area contributed by atoms with E-state index in [4.69, 9.17) is 15.6 Å². The Labute approximate surface area is 268 Å². The van der Waals surface area contributed by atoms with Crippen LogP contribution in [-0.4, -0.2) is 70.0 Å². The van der Waals surface area contributed by atoms with Crippen LogP contribution in [0.3, 0.4) is 0 Å². The Morgan fingerprint density at radius 1 is 1.04 bits per heavy atom. The molecule has 1 aliphatic rings. The van der Waals surface area contributed by atoms with Crippen molar-refractivity contribution < 1.29 is 45.8 Å². The molecule has 1 unspecified atom stereocenters. The van der Waals surface area contributed by atoms with Gasteiger partial charge in [0.25, 0.3) is 0 Å². The van der Waals surface area contributed by atoms with Crippen LogP contribution < -0.4 is 10.6 Å². The zero-order valence-electron chi connectivity index (χ0n) is 26.2. The normalized spacial score (nSPS) is 19.2. The number of amides is 1. The molecule has 1 aromatic heterocycles. The molecule has 16 heteroatoms. The van der Waals surface area contributed by atoms with Gasteiger partial charge in [0, 0.05) is 74.1 Å². The highest BCUT2D eigenvalue weighted by Crippen LogP contribution is 2.38. The van der Waals surface area contributed by atoms with Crippen molar-refractivity contribution in [3.8, 4) is 0 Å². The summed E-state index contributed by atoms with van der Waals surface area (Å²) in [5.74, 6) is -0.962. The number of carbonyl (C=O) groups excluding carboxylic acids is 1. The first-order valence-electron chi connectivity index (χ1n) is 15.0. The number of aromatic nitrogens is 2. The van der Waals surface area contributed by atoms with E-state index in [-0.39, 0.29) is 56.4 Å². The van der Waals surface area contributed by atoms with E-state index >= 15 is 0 Å². The zero-order valence-corrected chi connectivity index (χ0v) is 26.2. The molecule has 1 aliphatic heterocycles. The molecular formula is C31H38F6N6O4. The first-order chi connectivity index (χ1) is 22.1. The number of aliphatic imine (C=N–C) groups is 1. The molecular weight excluding hydrogens is 634 g/mol. The number of aliphatic carboxylic acids is 1. The fourth-order valence-electron chi connectivity index (χ4n) is 5.63. The minimum absolute atomic E-state index is 0.0592. The number of nitrogens with two attached hydrogens (primary N) is 1. The highest BCUT2D eigenvalue weighted by Gasteiger charge is 2.41. The minimum atomic E-state index is -5.03. The fourth-order valence-corrected chi connectivity index (χ4v) is 5.63. The summed E-state index contributed by atoms with van der Waals surface area (Å²) >= 11 is 0. The number of anilines is 1. The van der Waals surface area contributed by atoms with Gasteiger partial charge in [-0.25, -0.2) is 14.8 Å². The molecule has 0 aliphatic carbocycles. The summed E-state index contributed by atoms with van der Waals surface area (Å²) in [7, 11) is 1.54. The molecule has 1 amide bonds. The van der Waals surface area contributed by atoms with E-state index in [9.17, 15) is 35.9 Å². The SMILES string of the molecule is CC[C@@H]1CC(N(Cc2cc(C(F)(F)F)cc(C(F)(F)F)c2)c2ncc(C(C=NC)=CN)cn2)C[C@H](CC)N1C(=O)OCCCC(=O)O. The lowest BCUT2D eigenvalue weighted by molar-refractivity contribution is -0.143. The van der Waals surface area contributed by atoms with Crippen LogP contribution >= 0.6 is 0 Å². The number of piperidine rings is 1. The molecule has 2 heterocycles. The lowest BCUT2D eigenvalue weighted by atomic mass is 9.87. The standard InChI is InChI=1S/C31H38F6N6O4/c1-4-24-12-26(13-25(5-2)43(24)29(46)47-8-6-7-27(44)45)42(28-40-16-21(17-41-28)20(14-38)15-39-3)18-19-9-22(30(32,33)34)11-23(10-19)31(35,36)37/h9-11,14-17,24-26H,4-8,12-13,18,38H2,1-3H3,(H,44,45)/t24-,25+,26?. The molecule has 10 nitrogen and oxygen atoms in total. The van der Waals surface area contributed by atoms with E-state index in [2.05, 4.69) is 15.0 Å². The lowest BCUT2D eigenvalue weighted by Crippen LogP contribution is -2.57. The van der Waals surface area contributed by atoms with Crippen LogP contribution in [0.2, 0.25) is 0 Å². The van der Waals surface area contributed by atoms with Crippen LogP contribution in [0.5, 0.6) is 0 Å². The third kappa shape index (κ3) is 9.81. The molecule has 1 saturated heterocycles. The van der Waals surface area contributed by atoms with Crippen LogP contribution in [0.15, 0.2) is 41.8 Å². The minimum Gasteiger partial charge on any atom is -0.481 e. The van der Waals surface area contributed by atoms with Crippen LogP contribution in [0.4, 0.5) is 37.1 Å². The molecule has 0 spiro atoms. The summed E-state index contributed by atoms with van der Waals surface area (Å²) in [6.07, 6.45) is -3.58. The second-order valence-corrected chi connectivity index (χ2v) is 11.1. The number of allylic oxidation sites excluding steroid dienone is 1. The highest BCUT2D eigenvalue weighted by molar-refractivity contribution is 6.09. The number of carbonyl (C=O) groups is 2. The van der Waals surface area contributed by atoms with Crippen LogP contribution in [0, 0.1) is 0 Å². The summed E-state index contributed by atoms with van der Waals surface area (Å²) < 4.78 is 87.7. The Hall–Kier alpha value is -4.37. The maximum Gasteiger partial charge on any atom is 0.416 e. The maximum atomic E-state index is 13.7. The van der Waals surface area contributed by atoms with E-state index in [0.29, 0.717) is 36.1 Å². The topological polar surface area (TPSA) is 134 Å². The quantitative estimate of drug-likeness (QED) is 0.147. The number of alkyl halides is 6. The van der Waals surface area contributed by atoms with Gasteiger partial charge in [0.15, 0.2) is 0 Å². The Morgan fingerprint density at radius 2 is 1.60 bits per heavy atom. The average molecular weight is 673 g/mol. The molecule has 1 aromatic carbocycles. The second-order valence-electron chi connectivity index (χ2n) is 11.1. The van der Waals surface area contributed by atoms with Gasteiger partial charge in [-0.1, -0.05) is 13.8 Å². The first kappa shape index (κ1) is 37.1. The number of carboxylic acid groups (broad SMARTS) is 1. The van der Waals surface area contributed by atoms with Crippen molar-refractivity contribution in [1.82, 2.24) is 14.9 Å². The molecule has 3 rings (SSSR count).